The minimum Gasteiger partial charge on any atom is -0.314 e. The van der Waals surface area contributed by atoms with Gasteiger partial charge >= 0.3 is 0 Å². The normalized spacial score (nSPS) is 35.4. The molecule has 0 radical (unpaired) electrons. The van der Waals surface area contributed by atoms with Crippen molar-refractivity contribution in [3.8, 4) is 0 Å². The van der Waals surface area contributed by atoms with Crippen LogP contribution in [0.2, 0.25) is 0 Å². The molecule has 1 aliphatic heterocycles. The van der Waals surface area contributed by atoms with Crippen LogP contribution in [0.4, 0.5) is 0 Å². The summed E-state index contributed by atoms with van der Waals surface area (Å²) >= 11 is 14.3. The molecule has 0 aromatic heterocycles. The first-order valence-electron chi connectivity index (χ1n) is 7.79. The third-order valence-electron chi connectivity index (χ3n) is 3.94. The van der Waals surface area contributed by atoms with E-state index in [2.05, 4.69) is 85.7 Å². The van der Waals surface area contributed by atoms with Crippen molar-refractivity contribution in [2.75, 3.05) is 19.6 Å². The number of nitrogens with zero attached hydrogens (tertiary/aromatic N) is 1. The molecular formula is C16H17Br4N3O2. The van der Waals surface area contributed by atoms with Crippen molar-refractivity contribution >= 4 is 69.9 Å². The number of hydrogen-bond donors (Lipinski definition) is 2. The molecule has 4 atom stereocenters. The molecule has 0 amide bonds. The highest BCUT2D eigenvalue weighted by molar-refractivity contribution is 9.12. The lowest BCUT2D eigenvalue weighted by Gasteiger charge is -2.29. The molecule has 3 rings (SSSR count). The first-order valence-corrected chi connectivity index (χ1v) is 11.1. The SMILES string of the molecule is BrC1=CC(Br)C2ONOC3C(Br)=CC(Br)=CC3CNCC/N=C/C2=C1. The molecule has 0 bridgehead atoms. The Kier molecular flexibility index (Phi) is 7.69. The predicted molar refractivity (Wildman–Crippen MR) is 114 cm³/mol. The highest BCUT2D eigenvalue weighted by atomic mass is 79.9. The van der Waals surface area contributed by atoms with E-state index in [4.69, 9.17) is 9.68 Å². The van der Waals surface area contributed by atoms with Gasteiger partial charge in [-0.2, -0.15) is 0 Å². The lowest BCUT2D eigenvalue weighted by atomic mass is 9.97. The fourth-order valence-corrected chi connectivity index (χ4v) is 5.91. The molecule has 0 fully saturated rings. The number of rotatable bonds is 0. The third kappa shape index (κ3) is 5.44. The van der Waals surface area contributed by atoms with E-state index in [0.717, 1.165) is 32.1 Å². The van der Waals surface area contributed by atoms with Gasteiger partial charge in [-0.05, 0) is 12.2 Å². The molecule has 0 saturated carbocycles. The van der Waals surface area contributed by atoms with Crippen LogP contribution >= 0.6 is 63.7 Å². The zero-order valence-electron chi connectivity index (χ0n) is 13.1. The van der Waals surface area contributed by atoms with Crippen LogP contribution in [0.15, 0.2) is 48.3 Å². The Bertz CT molecular complexity index is 660. The van der Waals surface area contributed by atoms with Crippen molar-refractivity contribution in [2.45, 2.75) is 17.0 Å². The van der Waals surface area contributed by atoms with E-state index in [9.17, 15) is 0 Å². The summed E-state index contributed by atoms with van der Waals surface area (Å²) in [6.07, 6.45) is 9.58. The van der Waals surface area contributed by atoms with E-state index in [1.165, 1.54) is 0 Å². The third-order valence-corrected chi connectivity index (χ3v) is 6.35. The number of alkyl halides is 1. The first kappa shape index (κ1) is 20.1. The number of aliphatic imine (C=N–C) groups is 1. The van der Waals surface area contributed by atoms with Gasteiger partial charge in [0.2, 0.25) is 0 Å². The summed E-state index contributed by atoms with van der Waals surface area (Å²) in [6.45, 7) is 2.28. The summed E-state index contributed by atoms with van der Waals surface area (Å²) in [6, 6.07) is 0. The number of halogens is 4. The zero-order chi connectivity index (χ0) is 17.8. The van der Waals surface area contributed by atoms with E-state index in [1.54, 1.807) is 0 Å². The summed E-state index contributed by atoms with van der Waals surface area (Å²) < 4.78 is 2.97. The van der Waals surface area contributed by atoms with Crippen LogP contribution in [-0.4, -0.2) is 42.9 Å². The second-order valence-corrected chi connectivity index (χ2v) is 9.59. The minimum atomic E-state index is -0.245. The van der Waals surface area contributed by atoms with Gasteiger partial charge in [0, 0.05) is 44.2 Å². The molecule has 2 aliphatic carbocycles. The predicted octanol–water partition coefficient (Wildman–Crippen LogP) is 4.02. The maximum absolute atomic E-state index is 5.83. The lowest BCUT2D eigenvalue weighted by molar-refractivity contribution is -0.209. The van der Waals surface area contributed by atoms with Crippen LogP contribution in [0.1, 0.15) is 0 Å². The van der Waals surface area contributed by atoms with Crippen molar-refractivity contribution < 1.29 is 9.68 Å². The molecule has 1 heterocycles. The number of hydrogen-bond acceptors (Lipinski definition) is 5. The van der Waals surface area contributed by atoms with E-state index >= 15 is 0 Å². The summed E-state index contributed by atoms with van der Waals surface area (Å²) in [5.41, 5.74) is 3.65. The Morgan fingerprint density at radius 2 is 1.80 bits per heavy atom. The van der Waals surface area contributed by atoms with Crippen LogP contribution in [0.25, 0.3) is 0 Å². The number of allylic oxidation sites excluding steroid dienone is 4. The Labute approximate surface area is 180 Å². The Morgan fingerprint density at radius 1 is 1.04 bits per heavy atom. The van der Waals surface area contributed by atoms with Gasteiger partial charge in [0.15, 0.2) is 0 Å². The van der Waals surface area contributed by atoms with E-state index in [0.29, 0.717) is 6.54 Å². The van der Waals surface area contributed by atoms with Crippen LogP contribution in [0.3, 0.4) is 0 Å². The second-order valence-electron chi connectivity index (χ2n) is 5.78. The van der Waals surface area contributed by atoms with Gasteiger partial charge < -0.3 is 5.32 Å². The molecule has 0 saturated heterocycles. The van der Waals surface area contributed by atoms with Crippen LogP contribution in [-0.2, 0) is 9.68 Å². The molecule has 5 nitrogen and oxygen atoms in total. The molecule has 136 valence electrons. The molecular weight excluding hydrogens is 586 g/mol. The van der Waals surface area contributed by atoms with E-state index in [-0.39, 0.29) is 23.0 Å². The Balaban J connectivity index is 1.77. The molecule has 0 aromatic carbocycles. The average molecular weight is 603 g/mol. The summed E-state index contributed by atoms with van der Waals surface area (Å²) in [5.74, 6) is 0.157. The minimum absolute atomic E-state index is 0.00264. The first-order chi connectivity index (χ1) is 12.0. The fraction of sp³-hybridized carbons (Fsp3) is 0.438. The number of fused-ring (bicyclic) bond motifs is 2. The van der Waals surface area contributed by atoms with Gasteiger partial charge in [-0.3, -0.25) is 14.7 Å². The fourth-order valence-electron chi connectivity index (χ4n) is 2.74. The van der Waals surface area contributed by atoms with Gasteiger partial charge in [0.1, 0.15) is 12.2 Å². The van der Waals surface area contributed by atoms with Gasteiger partial charge in [-0.1, -0.05) is 81.5 Å². The molecule has 25 heavy (non-hydrogen) atoms. The summed E-state index contributed by atoms with van der Waals surface area (Å²) in [4.78, 5) is 16.1. The van der Waals surface area contributed by atoms with Crippen molar-refractivity contribution in [1.29, 1.82) is 0 Å². The maximum Gasteiger partial charge on any atom is 0.124 e. The summed E-state index contributed by atoms with van der Waals surface area (Å²) in [7, 11) is 0. The molecule has 0 aromatic rings. The molecule has 9 heteroatoms. The van der Waals surface area contributed by atoms with Gasteiger partial charge in [-0.25, -0.2) is 0 Å². The van der Waals surface area contributed by atoms with E-state index in [1.807, 2.05) is 24.4 Å². The van der Waals surface area contributed by atoms with Crippen molar-refractivity contribution in [2.24, 2.45) is 10.9 Å². The van der Waals surface area contributed by atoms with Crippen LogP contribution in [0.5, 0.6) is 0 Å². The second kappa shape index (κ2) is 9.54. The van der Waals surface area contributed by atoms with Crippen molar-refractivity contribution in [3.05, 3.63) is 43.3 Å². The van der Waals surface area contributed by atoms with Gasteiger partial charge in [0.25, 0.3) is 0 Å². The quantitative estimate of drug-likeness (QED) is 0.412. The summed E-state index contributed by atoms with van der Waals surface area (Å²) in [5, 5.41) is 3.43. The number of nitrogens with one attached hydrogen (secondary N) is 2. The molecule has 4 unspecified atom stereocenters. The zero-order valence-corrected chi connectivity index (χ0v) is 19.4. The van der Waals surface area contributed by atoms with Crippen LogP contribution < -0.4 is 11.0 Å². The monoisotopic (exact) mass is 599 g/mol. The lowest BCUT2D eigenvalue weighted by Crippen LogP contribution is -2.40. The topological polar surface area (TPSA) is 54.9 Å². The van der Waals surface area contributed by atoms with E-state index < -0.39 is 0 Å². The highest BCUT2D eigenvalue weighted by Gasteiger charge is 2.30. The standard InChI is InChI=1S/C16H17Br4N3O2/c17-11-3-9-7-21-1-2-22-8-10-4-12(18)6-14(20)16(10)25-23-24-15(9)13(19)5-11/h3-7,10,13,15-16,22-23H,1-2,8H2/b21-7+. The maximum atomic E-state index is 5.83. The molecule has 2 N–H and O–H groups in total. The van der Waals surface area contributed by atoms with Crippen LogP contribution in [0, 0.1) is 5.92 Å². The highest BCUT2D eigenvalue weighted by Crippen LogP contribution is 2.32. The van der Waals surface area contributed by atoms with Gasteiger partial charge in [-0.15, -0.1) is 0 Å². The molecule has 0 spiro atoms. The average Bonchev–Trinajstić information content (AvgIpc) is 2.55. The Hall–Kier alpha value is 0.390. The smallest absolute Gasteiger partial charge is 0.124 e. The van der Waals surface area contributed by atoms with Crippen molar-refractivity contribution in [3.63, 3.8) is 0 Å². The Morgan fingerprint density at radius 3 is 2.64 bits per heavy atom. The van der Waals surface area contributed by atoms with Gasteiger partial charge in [0.05, 0.1) is 11.4 Å². The molecule has 3 aliphatic rings. The largest absolute Gasteiger partial charge is 0.314 e. The van der Waals surface area contributed by atoms with Crippen molar-refractivity contribution in [1.82, 2.24) is 11.0 Å².